The molecule has 0 heterocycles. The summed E-state index contributed by atoms with van der Waals surface area (Å²) in [5, 5.41) is 0. The van der Waals surface area contributed by atoms with Crippen LogP contribution in [0.1, 0.15) is 0 Å². The van der Waals surface area contributed by atoms with E-state index < -0.39 is 7.82 Å². The van der Waals surface area contributed by atoms with Crippen LogP contribution in [-0.2, 0) is 4.57 Å². The van der Waals surface area contributed by atoms with Crippen LogP contribution in [0.4, 0.5) is 0 Å². The summed E-state index contributed by atoms with van der Waals surface area (Å²) in [6.07, 6.45) is 0. The summed E-state index contributed by atoms with van der Waals surface area (Å²) >= 11 is 0. The maximum absolute atomic E-state index is 8.88. The number of phosphoric acid groups is 1. The third-order valence-electron chi connectivity index (χ3n) is 0. The van der Waals surface area contributed by atoms with Crippen LogP contribution in [0.25, 0.3) is 0 Å². The van der Waals surface area contributed by atoms with E-state index in [0.717, 1.165) is 0 Å². The van der Waals surface area contributed by atoms with E-state index in [1.807, 2.05) is 0 Å². The van der Waals surface area contributed by atoms with Gasteiger partial charge in [-0.3, -0.25) is 0 Å². The summed E-state index contributed by atoms with van der Waals surface area (Å²) < 4.78 is 8.88. The maximum Gasteiger partial charge on any atom is 0.466 e. The van der Waals surface area contributed by atoms with Gasteiger partial charge in [0, 0.05) is 0 Å². The first-order chi connectivity index (χ1) is 2.00. The van der Waals surface area contributed by atoms with Crippen LogP contribution in [0.15, 0.2) is 0 Å². The largest absolute Gasteiger partial charge is 0.466 e. The van der Waals surface area contributed by atoms with Crippen molar-refractivity contribution in [2.45, 2.75) is 0 Å². The first-order valence-electron chi connectivity index (χ1n) is 0.783. The SMILES string of the molecule is N.O.O.O.O.O=P(O)(O)O.[MgH2]. The molecule has 0 aromatic rings. The molecule has 11 heavy (non-hydrogen) atoms. The summed E-state index contributed by atoms with van der Waals surface area (Å²) in [6, 6.07) is 0. The standard InChI is InChI=1S/Mg.H3N.H3O4P.4H2O.2H/c;;1-5(2,3)4;;;;;;/h;1H3;(H3,1,2,3,4);4*1H2;;. The van der Waals surface area contributed by atoms with E-state index in [1.54, 1.807) is 0 Å². The third-order valence-corrected chi connectivity index (χ3v) is 0. The molecule has 0 aromatic carbocycles. The Morgan fingerprint density at radius 2 is 0.818 bits per heavy atom. The highest BCUT2D eigenvalue weighted by atomic mass is 31.2. The quantitative estimate of drug-likeness (QED) is 0.227. The first kappa shape index (κ1) is 60.9. The van der Waals surface area contributed by atoms with Gasteiger partial charge >= 0.3 is 30.9 Å². The van der Waals surface area contributed by atoms with Crippen molar-refractivity contribution in [3.63, 3.8) is 0 Å². The van der Waals surface area contributed by atoms with E-state index >= 15 is 0 Å². The molecule has 0 aliphatic rings. The van der Waals surface area contributed by atoms with Crippen LogP contribution < -0.4 is 6.15 Å². The monoisotopic (exact) mass is 213 g/mol. The zero-order chi connectivity index (χ0) is 4.50. The maximum atomic E-state index is 8.88. The summed E-state index contributed by atoms with van der Waals surface area (Å²) in [5.74, 6) is 0. The van der Waals surface area contributed by atoms with E-state index in [2.05, 4.69) is 0 Å². The van der Waals surface area contributed by atoms with Gasteiger partial charge in [-0.05, 0) is 0 Å². The molecule has 0 spiro atoms. The van der Waals surface area contributed by atoms with Crippen molar-refractivity contribution in [3.05, 3.63) is 0 Å². The molecule has 14 N–H and O–H groups in total. The van der Waals surface area contributed by atoms with Gasteiger partial charge in [-0.1, -0.05) is 0 Å². The average molecular weight is 213 g/mol. The van der Waals surface area contributed by atoms with Gasteiger partial charge in [-0.25, -0.2) is 4.57 Å². The summed E-state index contributed by atoms with van der Waals surface area (Å²) in [4.78, 5) is 21.6. The van der Waals surface area contributed by atoms with E-state index in [1.165, 1.54) is 0 Å². The van der Waals surface area contributed by atoms with Crippen LogP contribution in [0.3, 0.4) is 0 Å². The van der Waals surface area contributed by atoms with Gasteiger partial charge in [-0.2, -0.15) is 0 Å². The highest BCUT2D eigenvalue weighted by Crippen LogP contribution is 2.25. The Hall–Kier alpha value is 0.676. The van der Waals surface area contributed by atoms with E-state index in [0.29, 0.717) is 0 Å². The van der Waals surface area contributed by atoms with E-state index in [-0.39, 0.29) is 51.1 Å². The van der Waals surface area contributed by atoms with Crippen LogP contribution >= 0.6 is 7.82 Å². The van der Waals surface area contributed by atoms with Gasteiger partial charge in [0.2, 0.25) is 0 Å². The van der Waals surface area contributed by atoms with Crippen LogP contribution in [0.2, 0.25) is 0 Å². The fraction of sp³-hybridized carbons (Fsp3) is 0. The minimum Gasteiger partial charge on any atom is -0.412 e. The number of rotatable bonds is 0. The lowest BCUT2D eigenvalue weighted by Crippen LogP contribution is -1.66. The first-order valence-corrected chi connectivity index (χ1v) is 2.35. The predicted octanol–water partition coefficient (Wildman–Crippen LogP) is -4.98. The molecule has 0 saturated carbocycles. The van der Waals surface area contributed by atoms with Gasteiger partial charge in [0.15, 0.2) is 0 Å². The lowest BCUT2D eigenvalue weighted by atomic mass is 14.0. The second-order valence-corrected chi connectivity index (χ2v) is 1.54. The Kier molecular flexibility index (Phi) is 124. The third kappa shape index (κ3) is 1760. The Morgan fingerprint density at radius 3 is 0.818 bits per heavy atom. The Bertz CT molecular complexity index is 60.2. The van der Waals surface area contributed by atoms with Crippen LogP contribution in [0, 0.1) is 0 Å². The summed E-state index contributed by atoms with van der Waals surface area (Å²) in [5.41, 5.74) is 0. The lowest BCUT2D eigenvalue weighted by molar-refractivity contribution is 0.275. The molecule has 0 radical (unpaired) electrons. The number of hydrogen-bond donors (Lipinski definition) is 4. The Balaban J connectivity index is -0.00000000533. The highest BCUT2D eigenvalue weighted by Gasteiger charge is 2.00. The molecule has 0 fully saturated rings. The van der Waals surface area contributed by atoms with Crippen molar-refractivity contribution < 1.29 is 41.2 Å². The number of hydrogen-bond acceptors (Lipinski definition) is 2. The molecule has 0 aromatic heterocycles. The smallest absolute Gasteiger partial charge is 0.412 e. The Morgan fingerprint density at radius 1 is 0.818 bits per heavy atom. The van der Waals surface area contributed by atoms with Crippen molar-refractivity contribution in [1.82, 2.24) is 6.15 Å². The molecule has 0 aliphatic heterocycles. The van der Waals surface area contributed by atoms with Gasteiger partial charge in [0.05, 0.1) is 0 Å². The molecular weight excluding hydrogens is 197 g/mol. The van der Waals surface area contributed by atoms with Gasteiger partial charge in [0.1, 0.15) is 0 Å². The fourth-order valence-corrected chi connectivity index (χ4v) is 0. The molecule has 0 aliphatic carbocycles. The van der Waals surface area contributed by atoms with E-state index in [9.17, 15) is 0 Å². The average Bonchev–Trinajstić information content (AvgIpc) is 0.722. The molecule has 0 rings (SSSR count). The zero-order valence-corrected chi connectivity index (χ0v) is 5.80. The predicted molar refractivity (Wildman–Crippen MR) is 42.3 cm³/mol. The fourth-order valence-electron chi connectivity index (χ4n) is 0. The minimum atomic E-state index is -4.64. The van der Waals surface area contributed by atoms with Crippen LogP contribution in [0.5, 0.6) is 0 Å². The highest BCUT2D eigenvalue weighted by molar-refractivity contribution is 7.45. The minimum absolute atomic E-state index is 0. The van der Waals surface area contributed by atoms with Crippen molar-refractivity contribution in [3.8, 4) is 0 Å². The van der Waals surface area contributed by atoms with Gasteiger partial charge in [0.25, 0.3) is 0 Å². The molecular formula is H16MgNO8P. The zero-order valence-electron chi connectivity index (χ0n) is 4.90. The van der Waals surface area contributed by atoms with Crippen molar-refractivity contribution in [2.24, 2.45) is 0 Å². The topological polar surface area (TPSA) is 239 Å². The van der Waals surface area contributed by atoms with E-state index in [4.69, 9.17) is 19.2 Å². The van der Waals surface area contributed by atoms with Crippen molar-refractivity contribution in [1.29, 1.82) is 0 Å². The summed E-state index contributed by atoms with van der Waals surface area (Å²) in [6.45, 7) is 0. The summed E-state index contributed by atoms with van der Waals surface area (Å²) in [7, 11) is -4.64. The molecule has 0 amide bonds. The van der Waals surface area contributed by atoms with Gasteiger partial charge < -0.3 is 42.7 Å². The van der Waals surface area contributed by atoms with Crippen molar-refractivity contribution in [2.75, 3.05) is 0 Å². The molecule has 0 unspecified atom stereocenters. The van der Waals surface area contributed by atoms with Gasteiger partial charge in [-0.15, -0.1) is 0 Å². The second-order valence-electron chi connectivity index (χ2n) is 0.513. The van der Waals surface area contributed by atoms with Crippen molar-refractivity contribution >= 4 is 30.9 Å². The molecule has 0 bridgehead atoms. The van der Waals surface area contributed by atoms with Crippen LogP contribution in [-0.4, -0.2) is 59.6 Å². The molecule has 76 valence electrons. The molecule has 11 heteroatoms. The Labute approximate surface area is 78.6 Å². The molecule has 0 saturated heterocycles. The molecule has 0 atom stereocenters. The lowest BCUT2D eigenvalue weighted by Gasteiger charge is -1.82. The second kappa shape index (κ2) is 22.4. The normalized spacial score (nSPS) is 5.36. The molecule has 9 nitrogen and oxygen atoms in total.